The van der Waals surface area contributed by atoms with Crippen molar-refractivity contribution in [2.75, 3.05) is 0 Å². The van der Waals surface area contributed by atoms with Gasteiger partial charge in [-0.3, -0.25) is 0 Å². The minimum absolute atomic E-state index is 0.128. The standard InChI is InChI=1S/C16H17N2/c1-13-17-11-15(12-18-13)16(9-5-6-10-16)14-7-3-2-4-8-14/h3-4,7-8,11-12H,5-6,9-10H2,1H3. The molecule has 2 heteroatoms. The molecule has 3 rings (SSSR count). The first-order valence-electron chi connectivity index (χ1n) is 6.57. The molecule has 0 aliphatic heterocycles. The van der Waals surface area contributed by atoms with Crippen molar-refractivity contribution >= 4 is 0 Å². The molecule has 0 saturated heterocycles. The maximum atomic E-state index is 4.38. The number of hydrogen-bond donors (Lipinski definition) is 0. The first-order valence-corrected chi connectivity index (χ1v) is 6.57. The van der Waals surface area contributed by atoms with Gasteiger partial charge in [-0.25, -0.2) is 9.97 Å². The Balaban J connectivity index is 2.10. The van der Waals surface area contributed by atoms with Gasteiger partial charge in [0.15, 0.2) is 0 Å². The van der Waals surface area contributed by atoms with Crippen molar-refractivity contribution in [2.45, 2.75) is 38.0 Å². The lowest BCUT2D eigenvalue weighted by molar-refractivity contribution is 0.530. The molecule has 0 N–H and O–H groups in total. The Hall–Kier alpha value is -1.70. The third kappa shape index (κ3) is 1.82. The van der Waals surface area contributed by atoms with Gasteiger partial charge in [-0.1, -0.05) is 37.1 Å². The minimum Gasteiger partial charge on any atom is -0.241 e. The van der Waals surface area contributed by atoms with Gasteiger partial charge in [0.05, 0.1) is 0 Å². The van der Waals surface area contributed by atoms with E-state index in [1.54, 1.807) is 0 Å². The molecule has 18 heavy (non-hydrogen) atoms. The largest absolute Gasteiger partial charge is 0.241 e. The normalized spacial score (nSPS) is 17.8. The number of rotatable bonds is 2. The number of hydrogen-bond acceptors (Lipinski definition) is 2. The zero-order valence-electron chi connectivity index (χ0n) is 10.7. The highest BCUT2D eigenvalue weighted by atomic mass is 14.8. The number of nitrogens with zero attached hydrogens (tertiary/aromatic N) is 2. The summed E-state index contributed by atoms with van der Waals surface area (Å²) in [6.07, 6.45) is 8.97. The van der Waals surface area contributed by atoms with Crippen LogP contribution >= 0.6 is 0 Å². The molecular weight excluding hydrogens is 220 g/mol. The van der Waals surface area contributed by atoms with E-state index >= 15 is 0 Å². The van der Waals surface area contributed by atoms with E-state index in [-0.39, 0.29) is 5.41 Å². The van der Waals surface area contributed by atoms with E-state index < -0.39 is 0 Å². The lowest BCUT2D eigenvalue weighted by atomic mass is 9.74. The van der Waals surface area contributed by atoms with E-state index in [1.807, 2.05) is 31.5 Å². The molecule has 1 aromatic carbocycles. The Labute approximate surface area is 108 Å². The molecule has 1 saturated carbocycles. The molecule has 1 radical (unpaired) electrons. The SMILES string of the molecule is Cc1ncc(C2(c3cc[c]cc3)CCCC2)cn1. The quantitative estimate of drug-likeness (QED) is 0.799. The second kappa shape index (κ2) is 4.52. The smallest absolute Gasteiger partial charge is 0.125 e. The summed E-state index contributed by atoms with van der Waals surface area (Å²) in [7, 11) is 0. The molecule has 0 amide bonds. The average molecular weight is 237 g/mol. The third-order valence-electron chi connectivity index (χ3n) is 4.06. The molecule has 0 bridgehead atoms. The number of benzene rings is 1. The highest BCUT2D eigenvalue weighted by Crippen LogP contribution is 2.45. The van der Waals surface area contributed by atoms with Crippen molar-refractivity contribution in [3.8, 4) is 0 Å². The van der Waals surface area contributed by atoms with Crippen LogP contribution in [-0.4, -0.2) is 9.97 Å². The lowest BCUT2D eigenvalue weighted by Gasteiger charge is -2.29. The van der Waals surface area contributed by atoms with Gasteiger partial charge in [0.25, 0.3) is 0 Å². The van der Waals surface area contributed by atoms with Gasteiger partial charge in [-0.15, -0.1) is 0 Å². The topological polar surface area (TPSA) is 25.8 Å². The summed E-state index contributed by atoms with van der Waals surface area (Å²) in [6, 6.07) is 11.5. The Morgan fingerprint density at radius 1 is 1.00 bits per heavy atom. The predicted molar refractivity (Wildman–Crippen MR) is 71.3 cm³/mol. The van der Waals surface area contributed by atoms with E-state index in [4.69, 9.17) is 0 Å². The Morgan fingerprint density at radius 2 is 1.61 bits per heavy atom. The van der Waals surface area contributed by atoms with Gasteiger partial charge in [0.2, 0.25) is 0 Å². The van der Waals surface area contributed by atoms with Crippen LogP contribution in [-0.2, 0) is 5.41 Å². The molecule has 1 aliphatic carbocycles. The van der Waals surface area contributed by atoms with Crippen LogP contribution in [0.15, 0.2) is 36.7 Å². The Bertz CT molecular complexity index is 511. The van der Waals surface area contributed by atoms with E-state index in [9.17, 15) is 0 Å². The number of aromatic nitrogens is 2. The summed E-state index contributed by atoms with van der Waals surface area (Å²) in [5, 5.41) is 0. The summed E-state index contributed by atoms with van der Waals surface area (Å²) in [5.41, 5.74) is 2.77. The zero-order valence-corrected chi connectivity index (χ0v) is 10.7. The van der Waals surface area contributed by atoms with E-state index in [0.717, 1.165) is 5.82 Å². The first kappa shape index (κ1) is 11.4. The summed E-state index contributed by atoms with van der Waals surface area (Å²) in [4.78, 5) is 8.75. The molecule has 1 aromatic heterocycles. The van der Waals surface area contributed by atoms with E-state index in [0.29, 0.717) is 0 Å². The fraction of sp³-hybridized carbons (Fsp3) is 0.375. The third-order valence-corrected chi connectivity index (χ3v) is 4.06. The maximum absolute atomic E-state index is 4.38. The number of aryl methyl sites for hydroxylation is 1. The van der Waals surface area contributed by atoms with Crippen LogP contribution in [0.1, 0.15) is 42.6 Å². The molecule has 0 spiro atoms. The van der Waals surface area contributed by atoms with E-state index in [2.05, 4.69) is 28.2 Å². The highest BCUT2D eigenvalue weighted by molar-refractivity contribution is 5.38. The fourth-order valence-corrected chi connectivity index (χ4v) is 3.07. The van der Waals surface area contributed by atoms with Crippen molar-refractivity contribution < 1.29 is 0 Å². The second-order valence-electron chi connectivity index (χ2n) is 5.10. The molecule has 1 aliphatic rings. The monoisotopic (exact) mass is 237 g/mol. The van der Waals surface area contributed by atoms with Crippen molar-refractivity contribution in [1.29, 1.82) is 0 Å². The highest BCUT2D eigenvalue weighted by Gasteiger charge is 2.37. The van der Waals surface area contributed by atoms with Crippen molar-refractivity contribution in [3.63, 3.8) is 0 Å². The van der Waals surface area contributed by atoms with Crippen LogP contribution in [0.4, 0.5) is 0 Å². The van der Waals surface area contributed by atoms with Crippen LogP contribution < -0.4 is 0 Å². The fourth-order valence-electron chi connectivity index (χ4n) is 3.07. The van der Waals surface area contributed by atoms with Gasteiger partial charge >= 0.3 is 0 Å². The summed E-state index contributed by atoms with van der Waals surface area (Å²) < 4.78 is 0. The molecule has 1 heterocycles. The maximum Gasteiger partial charge on any atom is 0.125 e. The first-order chi connectivity index (χ1) is 8.81. The Kier molecular flexibility index (Phi) is 2.86. The zero-order chi connectivity index (χ0) is 12.4. The predicted octanol–water partition coefficient (Wildman–Crippen LogP) is 3.45. The molecule has 2 aromatic rings. The van der Waals surface area contributed by atoms with Crippen molar-refractivity contribution in [1.82, 2.24) is 9.97 Å². The van der Waals surface area contributed by atoms with Crippen LogP contribution in [0, 0.1) is 13.0 Å². The van der Waals surface area contributed by atoms with Gasteiger partial charge < -0.3 is 0 Å². The van der Waals surface area contributed by atoms with Gasteiger partial charge in [-0.05, 0) is 37.0 Å². The minimum atomic E-state index is 0.128. The summed E-state index contributed by atoms with van der Waals surface area (Å²) >= 11 is 0. The van der Waals surface area contributed by atoms with Crippen molar-refractivity contribution in [2.24, 2.45) is 0 Å². The lowest BCUT2D eigenvalue weighted by Crippen LogP contribution is -2.24. The van der Waals surface area contributed by atoms with Crippen LogP contribution in [0.5, 0.6) is 0 Å². The van der Waals surface area contributed by atoms with Crippen molar-refractivity contribution in [3.05, 3.63) is 59.7 Å². The summed E-state index contributed by atoms with van der Waals surface area (Å²) in [6.45, 7) is 1.93. The molecule has 1 fully saturated rings. The Morgan fingerprint density at radius 3 is 2.22 bits per heavy atom. The molecule has 2 nitrogen and oxygen atoms in total. The average Bonchev–Trinajstić information content (AvgIpc) is 2.91. The second-order valence-corrected chi connectivity index (χ2v) is 5.10. The van der Waals surface area contributed by atoms with Gasteiger partial charge in [0, 0.05) is 17.8 Å². The molecular formula is C16H17N2. The summed E-state index contributed by atoms with van der Waals surface area (Å²) in [5.74, 6) is 0.841. The van der Waals surface area contributed by atoms with Gasteiger partial charge in [-0.2, -0.15) is 0 Å². The molecule has 0 unspecified atom stereocenters. The van der Waals surface area contributed by atoms with Crippen LogP contribution in [0.25, 0.3) is 0 Å². The van der Waals surface area contributed by atoms with E-state index in [1.165, 1.54) is 36.8 Å². The van der Waals surface area contributed by atoms with Gasteiger partial charge in [0.1, 0.15) is 5.82 Å². The molecule has 0 atom stereocenters. The molecule has 91 valence electrons. The van der Waals surface area contributed by atoms with Crippen LogP contribution in [0.3, 0.4) is 0 Å². The van der Waals surface area contributed by atoms with Crippen LogP contribution in [0.2, 0.25) is 0 Å².